The van der Waals surface area contributed by atoms with E-state index in [0.29, 0.717) is 11.8 Å². The maximum Gasteiger partial charge on any atom is 0.0903 e. The van der Waals surface area contributed by atoms with E-state index in [1.165, 1.54) is 27.8 Å². The standard InChI is InChI=1S/C34H39N3.C8H11N.C2H6/c1-7-32(36-33-15-11-9-13-26(33)5)29-18-20-37(21-19-29)23-28-16-17-31(27(6)22-28)34(35-24(2)3)30-14-10-8-12-25(30)4;1-7(2)8-5-3-4-6-9-8;1-2/h1,8-17,22,29,32,36H,2,18-21,23H2,3-6H3;3-7H,1-2H3;1-2H3. The Labute approximate surface area is 291 Å². The van der Waals surface area contributed by atoms with Crippen LogP contribution in [0.25, 0.3) is 0 Å². The van der Waals surface area contributed by atoms with Crippen LogP contribution in [0.1, 0.15) is 92.5 Å². The highest BCUT2D eigenvalue weighted by molar-refractivity contribution is 6.15. The molecule has 0 radical (unpaired) electrons. The minimum Gasteiger partial charge on any atom is -0.371 e. The molecular weight excluding hydrogens is 585 g/mol. The van der Waals surface area contributed by atoms with Crippen LogP contribution in [-0.2, 0) is 6.54 Å². The molecule has 0 aliphatic carbocycles. The van der Waals surface area contributed by atoms with Crippen LogP contribution >= 0.6 is 0 Å². The third-order valence-electron chi connectivity index (χ3n) is 8.67. The highest BCUT2D eigenvalue weighted by Crippen LogP contribution is 2.27. The number of nitrogens with one attached hydrogen (secondary N) is 1. The van der Waals surface area contributed by atoms with Crippen molar-refractivity contribution in [1.82, 2.24) is 9.88 Å². The summed E-state index contributed by atoms with van der Waals surface area (Å²) in [6.45, 7) is 23.8. The highest BCUT2D eigenvalue weighted by atomic mass is 15.1. The molecule has 0 spiro atoms. The number of piperidine rings is 1. The molecule has 1 atom stereocenters. The Kier molecular flexibility index (Phi) is 15.3. The molecule has 1 N–H and O–H groups in total. The highest BCUT2D eigenvalue weighted by Gasteiger charge is 2.26. The number of hydrogen-bond acceptors (Lipinski definition) is 4. The summed E-state index contributed by atoms with van der Waals surface area (Å²) in [5, 5.41) is 3.61. The number of para-hydroxylation sites is 1. The lowest BCUT2D eigenvalue weighted by Crippen LogP contribution is -2.39. The molecular formula is C44H56N4. The maximum atomic E-state index is 5.96. The van der Waals surface area contributed by atoms with E-state index in [4.69, 9.17) is 11.4 Å². The first-order valence-electron chi connectivity index (χ1n) is 17.5. The second-order valence-corrected chi connectivity index (χ2v) is 12.8. The van der Waals surface area contributed by atoms with Gasteiger partial charge in [-0.2, -0.15) is 0 Å². The first kappa shape index (κ1) is 38.0. The Bertz CT molecular complexity index is 1650. The zero-order chi connectivity index (χ0) is 35.1. The van der Waals surface area contributed by atoms with Crippen molar-refractivity contribution in [2.24, 2.45) is 10.9 Å². The predicted octanol–water partition coefficient (Wildman–Crippen LogP) is 10.5. The lowest BCUT2D eigenvalue weighted by Gasteiger charge is -2.35. The van der Waals surface area contributed by atoms with Crippen molar-refractivity contribution in [2.45, 2.75) is 86.7 Å². The fourth-order valence-corrected chi connectivity index (χ4v) is 6.00. The van der Waals surface area contributed by atoms with Gasteiger partial charge in [0.1, 0.15) is 0 Å². The van der Waals surface area contributed by atoms with Gasteiger partial charge in [0.15, 0.2) is 0 Å². The molecule has 252 valence electrons. The molecule has 1 aliphatic heterocycles. The van der Waals surface area contributed by atoms with Gasteiger partial charge in [-0.3, -0.25) is 14.9 Å². The molecule has 0 saturated carbocycles. The van der Waals surface area contributed by atoms with E-state index in [2.05, 4.69) is 129 Å². The van der Waals surface area contributed by atoms with Crippen LogP contribution in [0.15, 0.2) is 108 Å². The van der Waals surface area contributed by atoms with Crippen LogP contribution in [0.5, 0.6) is 0 Å². The van der Waals surface area contributed by atoms with Crippen LogP contribution in [-0.4, -0.2) is 34.7 Å². The van der Waals surface area contributed by atoms with Crippen molar-refractivity contribution in [3.63, 3.8) is 0 Å². The van der Waals surface area contributed by atoms with E-state index in [9.17, 15) is 0 Å². The first-order chi connectivity index (χ1) is 23.2. The van der Waals surface area contributed by atoms with E-state index >= 15 is 0 Å². The summed E-state index contributed by atoms with van der Waals surface area (Å²) in [6, 6.07) is 29.7. The van der Waals surface area contributed by atoms with Gasteiger partial charge in [0.05, 0.1) is 11.8 Å². The van der Waals surface area contributed by atoms with Crippen LogP contribution in [0, 0.1) is 39.0 Å². The van der Waals surface area contributed by atoms with Crippen LogP contribution in [0.2, 0.25) is 0 Å². The molecule has 4 nitrogen and oxygen atoms in total. The monoisotopic (exact) mass is 640 g/mol. The van der Waals surface area contributed by atoms with Gasteiger partial charge >= 0.3 is 0 Å². The average Bonchev–Trinajstić information content (AvgIpc) is 3.09. The van der Waals surface area contributed by atoms with Crippen molar-refractivity contribution in [3.05, 3.63) is 142 Å². The van der Waals surface area contributed by atoms with E-state index < -0.39 is 0 Å². The lowest BCUT2D eigenvalue weighted by molar-refractivity contribution is 0.174. The number of likely N-dealkylation sites (tertiary alicyclic amines) is 1. The Morgan fingerprint density at radius 3 is 2.06 bits per heavy atom. The van der Waals surface area contributed by atoms with Gasteiger partial charge in [0.2, 0.25) is 0 Å². The first-order valence-corrected chi connectivity index (χ1v) is 17.5. The second kappa shape index (κ2) is 19.4. The number of aryl methyl sites for hydroxylation is 3. The molecule has 0 amide bonds. The SMILES string of the molecule is C#CC(Nc1ccccc1C)C1CCN(Cc2ccc(C(=NC(=C)C)c3ccccc3C)c(C)c2)CC1.CC.CC(C)c1ccccn1. The molecule has 4 heteroatoms. The number of allylic oxidation sites excluding steroid dienone is 1. The Hall–Kier alpha value is -4.46. The number of aliphatic imine (C=N–C) groups is 1. The normalized spacial score (nSPS) is 14.1. The summed E-state index contributed by atoms with van der Waals surface area (Å²) in [6.07, 6.45) is 9.99. The zero-order valence-corrected chi connectivity index (χ0v) is 30.6. The number of rotatable bonds is 9. The molecule has 1 unspecified atom stereocenters. The van der Waals surface area contributed by atoms with Crippen LogP contribution < -0.4 is 5.32 Å². The number of benzene rings is 3. The summed E-state index contributed by atoms with van der Waals surface area (Å²) in [5.74, 6) is 4.05. The van der Waals surface area contributed by atoms with E-state index in [1.807, 2.05) is 45.2 Å². The fraction of sp³-hybridized carbons (Fsp3) is 0.364. The summed E-state index contributed by atoms with van der Waals surface area (Å²) in [7, 11) is 0. The van der Waals surface area contributed by atoms with Gasteiger partial charge in [0, 0.05) is 40.9 Å². The number of nitrogens with zero attached hydrogens (tertiary/aromatic N) is 3. The van der Waals surface area contributed by atoms with Gasteiger partial charge in [-0.1, -0.05) is 107 Å². The van der Waals surface area contributed by atoms with Crippen molar-refractivity contribution < 1.29 is 0 Å². The number of terminal acetylenes is 1. The third-order valence-corrected chi connectivity index (χ3v) is 8.67. The fourth-order valence-electron chi connectivity index (χ4n) is 6.00. The molecule has 48 heavy (non-hydrogen) atoms. The van der Waals surface area contributed by atoms with Gasteiger partial charge in [0.25, 0.3) is 0 Å². The molecule has 1 saturated heterocycles. The van der Waals surface area contributed by atoms with Crippen molar-refractivity contribution >= 4 is 11.4 Å². The van der Waals surface area contributed by atoms with Crippen molar-refractivity contribution in [1.29, 1.82) is 0 Å². The lowest BCUT2D eigenvalue weighted by atomic mass is 9.89. The topological polar surface area (TPSA) is 40.5 Å². The average molecular weight is 641 g/mol. The van der Waals surface area contributed by atoms with Gasteiger partial charge in [-0.25, -0.2) is 0 Å². The van der Waals surface area contributed by atoms with Crippen LogP contribution in [0.3, 0.4) is 0 Å². The largest absolute Gasteiger partial charge is 0.371 e. The maximum absolute atomic E-state index is 5.96. The molecule has 3 aromatic carbocycles. The third kappa shape index (κ3) is 11.1. The number of pyridine rings is 1. The number of hydrogen-bond donors (Lipinski definition) is 1. The van der Waals surface area contributed by atoms with Gasteiger partial charge < -0.3 is 5.32 Å². The Morgan fingerprint density at radius 1 is 0.896 bits per heavy atom. The number of aromatic nitrogens is 1. The minimum absolute atomic E-state index is 0.0669. The molecule has 4 aromatic rings. The smallest absolute Gasteiger partial charge is 0.0903 e. The van der Waals surface area contributed by atoms with E-state index in [1.54, 1.807) is 0 Å². The van der Waals surface area contributed by atoms with E-state index in [-0.39, 0.29) is 6.04 Å². The van der Waals surface area contributed by atoms with Crippen molar-refractivity contribution in [2.75, 3.05) is 18.4 Å². The molecule has 1 aliphatic rings. The Morgan fingerprint density at radius 2 is 1.52 bits per heavy atom. The molecule has 1 fully saturated rings. The Balaban J connectivity index is 0.000000486. The summed E-state index contributed by atoms with van der Waals surface area (Å²) in [5.41, 5.74) is 11.5. The second-order valence-electron chi connectivity index (χ2n) is 12.8. The van der Waals surface area contributed by atoms with Gasteiger partial charge in [-0.15, -0.1) is 6.42 Å². The molecule has 2 heterocycles. The minimum atomic E-state index is 0.0669. The van der Waals surface area contributed by atoms with Crippen LogP contribution in [0.4, 0.5) is 5.69 Å². The predicted molar refractivity (Wildman–Crippen MR) is 208 cm³/mol. The molecule has 1 aromatic heterocycles. The summed E-state index contributed by atoms with van der Waals surface area (Å²) in [4.78, 5) is 11.6. The molecule has 5 rings (SSSR count). The van der Waals surface area contributed by atoms with Crippen molar-refractivity contribution in [3.8, 4) is 12.3 Å². The number of anilines is 1. The summed E-state index contributed by atoms with van der Waals surface area (Å²) >= 11 is 0. The van der Waals surface area contributed by atoms with Gasteiger partial charge in [-0.05, 0) is 106 Å². The zero-order valence-electron chi connectivity index (χ0n) is 30.6. The summed E-state index contributed by atoms with van der Waals surface area (Å²) < 4.78 is 0. The van der Waals surface area contributed by atoms with E-state index in [0.717, 1.165) is 60.8 Å². The molecule has 0 bridgehead atoms. The quantitative estimate of drug-likeness (QED) is 0.146.